The summed E-state index contributed by atoms with van der Waals surface area (Å²) in [6.07, 6.45) is 4.26. The predicted molar refractivity (Wildman–Crippen MR) is 346 cm³/mol. The number of nitrogens with one attached hydrogen (secondary N) is 4. The molecule has 2 rings (SSSR count). The number of hydrogen-bond donors (Lipinski definition) is 6. The number of benzene rings is 1. The van der Waals surface area contributed by atoms with Crippen molar-refractivity contribution in [3.8, 4) is 5.75 Å². The normalized spacial score (nSPS) is 25.6. The van der Waals surface area contributed by atoms with Crippen LogP contribution in [0.3, 0.4) is 0 Å². The van der Waals surface area contributed by atoms with E-state index < -0.39 is 156 Å². The summed E-state index contributed by atoms with van der Waals surface area (Å²) >= 11 is 0. The molecule has 508 valence electrons. The third kappa shape index (κ3) is 21.8. The van der Waals surface area contributed by atoms with Crippen LogP contribution in [0.1, 0.15) is 148 Å². The molecule has 1 aromatic carbocycles. The second-order valence-electron chi connectivity index (χ2n) is 27.4. The summed E-state index contributed by atoms with van der Waals surface area (Å²) in [5, 5.41) is 33.3. The topological polar surface area (TPSA) is 299 Å². The van der Waals surface area contributed by atoms with Crippen molar-refractivity contribution in [3.05, 3.63) is 35.9 Å². The van der Waals surface area contributed by atoms with Crippen molar-refractivity contribution in [1.82, 2.24) is 55.6 Å². The highest BCUT2D eigenvalue weighted by atomic mass is 16.3. The van der Waals surface area contributed by atoms with Crippen molar-refractivity contribution < 1.29 is 63.0 Å². The fraction of sp³-hybridized carbons (Fsp3) is 0.712. The van der Waals surface area contributed by atoms with Crippen LogP contribution in [0.5, 0.6) is 5.75 Å². The molecule has 1 aliphatic rings. The molecule has 6 N–H and O–H groups in total. The fourth-order valence-corrected chi connectivity index (χ4v) is 11.2. The molecule has 0 radical (unpaired) electrons. The second-order valence-corrected chi connectivity index (χ2v) is 27.4. The number of rotatable bonds is 15. The van der Waals surface area contributed by atoms with E-state index in [9.17, 15) is 48.6 Å². The number of carbonyl (C=O) groups is 11. The summed E-state index contributed by atoms with van der Waals surface area (Å²) < 4.78 is 0. The molecule has 1 fully saturated rings. The van der Waals surface area contributed by atoms with Crippen LogP contribution in [0, 0.1) is 41.4 Å². The van der Waals surface area contributed by atoms with Gasteiger partial charge in [-0.25, -0.2) is 0 Å². The Bertz CT molecular complexity index is 2680. The Morgan fingerprint density at radius 1 is 0.500 bits per heavy atom. The summed E-state index contributed by atoms with van der Waals surface area (Å²) in [4.78, 5) is 168. The predicted octanol–water partition coefficient (Wildman–Crippen LogP) is 3.72. The minimum Gasteiger partial charge on any atom is -0.508 e. The Morgan fingerprint density at radius 3 is 1.41 bits per heavy atom. The lowest BCUT2D eigenvalue weighted by atomic mass is 9.80. The minimum absolute atomic E-state index is 0.0709. The van der Waals surface area contributed by atoms with Gasteiger partial charge in [-0.2, -0.15) is 0 Å². The first kappa shape index (κ1) is 79.0. The van der Waals surface area contributed by atoms with Gasteiger partial charge in [0, 0.05) is 49.3 Å². The molecule has 0 aliphatic carbocycles. The molecule has 90 heavy (non-hydrogen) atoms. The molecule has 0 bridgehead atoms. The maximum absolute atomic E-state index is 15.3. The van der Waals surface area contributed by atoms with Gasteiger partial charge in [0.2, 0.25) is 65.0 Å². The first-order valence-electron chi connectivity index (χ1n) is 31.7. The Hall–Kier alpha value is -7.11. The Morgan fingerprint density at radius 2 is 0.933 bits per heavy atom. The summed E-state index contributed by atoms with van der Waals surface area (Å²) in [7, 11) is 9.79. The third-order valence-corrected chi connectivity index (χ3v) is 17.1. The first-order chi connectivity index (χ1) is 41.5. The number of likely N-dealkylation sites (N-methyl/N-ethyl adjacent to an activating group) is 7. The number of phenols is 1. The molecule has 0 spiro atoms. The molecule has 24 heteroatoms. The summed E-state index contributed by atoms with van der Waals surface area (Å²) in [5.41, 5.74) is -1.31. The van der Waals surface area contributed by atoms with E-state index in [1.807, 2.05) is 55.4 Å². The molecule has 24 nitrogen and oxygen atoms in total. The molecular weight excluding hydrogens is 1150 g/mol. The average molecular weight is 1270 g/mol. The average Bonchev–Trinajstić information content (AvgIpc) is 1.15. The molecule has 11 amide bonds. The van der Waals surface area contributed by atoms with Crippen LogP contribution in [-0.4, -0.2) is 232 Å². The number of phenolic OH excluding ortho intramolecular Hbond substituents is 1. The smallest absolute Gasteiger partial charge is 0.246 e. The van der Waals surface area contributed by atoms with E-state index >= 15 is 14.4 Å². The first-order valence-corrected chi connectivity index (χ1v) is 31.7. The number of allylic oxidation sites excluding steroid dienone is 1. The van der Waals surface area contributed by atoms with Gasteiger partial charge in [0.25, 0.3) is 0 Å². The minimum atomic E-state index is -2.05. The van der Waals surface area contributed by atoms with E-state index in [0.29, 0.717) is 0 Å². The van der Waals surface area contributed by atoms with Gasteiger partial charge in [-0.3, -0.25) is 52.7 Å². The molecule has 1 saturated heterocycles. The lowest BCUT2D eigenvalue weighted by molar-refractivity contribution is -0.161. The van der Waals surface area contributed by atoms with Crippen LogP contribution in [0.2, 0.25) is 0 Å². The van der Waals surface area contributed by atoms with Crippen molar-refractivity contribution >= 4 is 71.1 Å². The van der Waals surface area contributed by atoms with E-state index in [4.69, 9.17) is 0 Å². The maximum Gasteiger partial charge on any atom is 0.246 e. The quantitative estimate of drug-likeness (QED) is 0.146. The van der Waals surface area contributed by atoms with Gasteiger partial charge in [-0.1, -0.05) is 114 Å². The zero-order valence-electron chi connectivity index (χ0n) is 58.2. The van der Waals surface area contributed by atoms with Crippen molar-refractivity contribution in [2.24, 2.45) is 41.4 Å². The van der Waals surface area contributed by atoms with Crippen molar-refractivity contribution in [2.75, 3.05) is 62.4 Å². The van der Waals surface area contributed by atoms with Crippen molar-refractivity contribution in [3.63, 3.8) is 0 Å². The van der Waals surface area contributed by atoms with Crippen LogP contribution < -0.4 is 21.3 Å². The zero-order valence-corrected chi connectivity index (χ0v) is 58.2. The van der Waals surface area contributed by atoms with Gasteiger partial charge in [-0.05, 0) is 112 Å². The lowest BCUT2D eigenvalue weighted by Crippen LogP contribution is -2.65. The monoisotopic (exact) mass is 1270 g/mol. The van der Waals surface area contributed by atoms with Gasteiger partial charge >= 0.3 is 0 Å². The number of aromatic hydroxyl groups is 1. The van der Waals surface area contributed by atoms with Crippen LogP contribution >= 0.6 is 0 Å². The summed E-state index contributed by atoms with van der Waals surface area (Å²) in [6, 6.07) is -4.93. The standard InChI is InChI=1S/C66H111N11O13/c1-37(2)31-48-59(83)70-54(41(9)10)64(88)73(19)49(32-38(3)4)58(82)68-44(14)57(81)69-45(15)61(85)74(20)50(33-39(5)6)62(86)75(21)51(34-40(7)8)63(87)76(22)55(42(11)12)65(89)77(23)56(60(84)67-35-52(79)71(17)36-53(80)72(48)18)66(16,90)43(13)25-24-26-46-27-29-47(78)30-28-46/h24,26-30,37-45,48-51,54-56,78,90H,25,31-36H2,1-23H3,(H,67,84)(H,68,82)(H,69,81)(H,70,83)/b26-24+/t43-,44+,45-,48+,49+,50+,51+,54+,55+,56?,66+/m1/s1. The molecule has 11 atom stereocenters. The van der Waals surface area contributed by atoms with Crippen LogP contribution in [0.15, 0.2) is 30.3 Å². The number of carbonyl (C=O) groups excluding carboxylic acids is 11. The highest BCUT2D eigenvalue weighted by Crippen LogP contribution is 2.31. The van der Waals surface area contributed by atoms with E-state index in [-0.39, 0.29) is 61.5 Å². The molecule has 0 aromatic heterocycles. The molecule has 1 aliphatic heterocycles. The van der Waals surface area contributed by atoms with E-state index in [1.54, 1.807) is 58.9 Å². The summed E-state index contributed by atoms with van der Waals surface area (Å²) in [6.45, 7) is 26.4. The van der Waals surface area contributed by atoms with Gasteiger partial charge in [0.15, 0.2) is 0 Å². The van der Waals surface area contributed by atoms with Crippen LogP contribution in [0.25, 0.3) is 6.08 Å². The van der Waals surface area contributed by atoms with E-state index in [1.165, 1.54) is 107 Å². The molecule has 1 heterocycles. The fourth-order valence-electron chi connectivity index (χ4n) is 11.2. The number of amides is 11. The van der Waals surface area contributed by atoms with Crippen molar-refractivity contribution in [1.29, 1.82) is 0 Å². The molecular formula is C66H111N11O13. The Labute approximate surface area is 536 Å². The van der Waals surface area contributed by atoms with Gasteiger partial charge in [0.05, 0.1) is 18.7 Å². The second kappa shape index (κ2) is 34.9. The van der Waals surface area contributed by atoms with E-state index in [0.717, 1.165) is 15.4 Å². The van der Waals surface area contributed by atoms with Crippen molar-refractivity contribution in [2.45, 2.75) is 203 Å². The third-order valence-electron chi connectivity index (χ3n) is 17.1. The lowest BCUT2D eigenvalue weighted by Gasteiger charge is -2.44. The molecule has 0 saturated carbocycles. The highest BCUT2D eigenvalue weighted by Gasteiger charge is 2.49. The van der Waals surface area contributed by atoms with Gasteiger partial charge in [0.1, 0.15) is 60.1 Å². The van der Waals surface area contributed by atoms with Crippen LogP contribution in [-0.2, 0) is 52.7 Å². The number of hydrogen-bond acceptors (Lipinski definition) is 13. The highest BCUT2D eigenvalue weighted by molar-refractivity contribution is 5.99. The SMILES string of the molecule is CC(C)C[C@H]1C(=O)N[C@@H](C(C)C)C(=O)N(C)[C@@H](CC(C)C)C(=O)N[C@@H](C)C(=O)N[C@H](C)C(=O)N(C)[C@@H](CC(C)C)C(=O)N(C)[C@@H](CC(C)C)C(=O)N(C)[C@@H](C(C)C)C(=O)N(C)C([C@@](C)(O)[C@H](C)C/C=C/c2ccc(O)cc2)C(=O)NCC(=O)N(C)CC(=O)N1C. The molecule has 1 aromatic rings. The molecule has 1 unspecified atom stereocenters. The van der Waals surface area contributed by atoms with Gasteiger partial charge in [-0.15, -0.1) is 0 Å². The number of aliphatic hydroxyl groups is 1. The summed E-state index contributed by atoms with van der Waals surface area (Å²) in [5.74, 6) is -10.2. The Kier molecular flexibility index (Phi) is 30.6. The zero-order chi connectivity index (χ0) is 69.3. The van der Waals surface area contributed by atoms with Crippen LogP contribution in [0.4, 0.5) is 0 Å². The largest absolute Gasteiger partial charge is 0.508 e. The van der Waals surface area contributed by atoms with Gasteiger partial charge < -0.3 is 65.8 Å². The Balaban J connectivity index is 2.96. The van der Waals surface area contributed by atoms with E-state index in [2.05, 4.69) is 21.3 Å². The maximum atomic E-state index is 15.3. The number of nitrogens with zero attached hydrogens (tertiary/aromatic N) is 7.